The molecule has 0 amide bonds. The second-order valence-electron chi connectivity index (χ2n) is 9.20. The highest BCUT2D eigenvalue weighted by Crippen LogP contribution is 2.41. The van der Waals surface area contributed by atoms with Crippen LogP contribution in [0.2, 0.25) is 5.02 Å². The number of esters is 2. The number of halogens is 3. The van der Waals surface area contributed by atoms with Crippen LogP contribution >= 0.6 is 22.9 Å². The van der Waals surface area contributed by atoms with Crippen molar-refractivity contribution in [1.82, 2.24) is 20.3 Å². The van der Waals surface area contributed by atoms with Crippen LogP contribution < -0.4 is 5.32 Å². The number of hydrogen-bond donors (Lipinski definition) is 1. The Hall–Kier alpha value is -3.77. The van der Waals surface area contributed by atoms with Gasteiger partial charge in [0.15, 0.2) is 22.5 Å². The number of hydrogen-bond acceptors (Lipinski definition) is 10. The third kappa shape index (κ3) is 6.13. The summed E-state index contributed by atoms with van der Waals surface area (Å²) >= 11 is 7.59. The summed E-state index contributed by atoms with van der Waals surface area (Å²) in [7, 11) is 2.58. The molecule has 1 aliphatic carbocycles. The van der Waals surface area contributed by atoms with Crippen LogP contribution in [0, 0.1) is 17.6 Å². The molecule has 3 heterocycles. The zero-order valence-corrected chi connectivity index (χ0v) is 23.1. The van der Waals surface area contributed by atoms with Crippen molar-refractivity contribution in [1.29, 1.82) is 0 Å². The monoisotopic (exact) mass is 603 g/mol. The fraction of sp³-hybridized carbons (Fsp3) is 0.357. The van der Waals surface area contributed by atoms with Gasteiger partial charge in [-0.05, 0) is 30.9 Å². The highest BCUT2D eigenvalue weighted by atomic mass is 35.5. The van der Waals surface area contributed by atoms with Crippen molar-refractivity contribution in [3.05, 3.63) is 85.5 Å². The minimum Gasteiger partial charge on any atom is -0.469 e. The van der Waals surface area contributed by atoms with Gasteiger partial charge >= 0.3 is 11.9 Å². The smallest absolute Gasteiger partial charge is 0.338 e. The number of aryl methyl sites for hydroxylation is 2. The molecule has 2 aromatic heterocycles. The van der Waals surface area contributed by atoms with E-state index in [1.165, 1.54) is 31.6 Å². The Bertz CT molecular complexity index is 1530. The molecular weight excluding hydrogens is 576 g/mol. The van der Waals surface area contributed by atoms with Crippen molar-refractivity contribution in [3.8, 4) is 0 Å². The highest BCUT2D eigenvalue weighted by molar-refractivity contribution is 7.11. The normalized spacial score (nSPS) is 18.0. The highest BCUT2D eigenvalue weighted by Gasteiger charge is 2.38. The summed E-state index contributed by atoms with van der Waals surface area (Å²) in [5.74, 6) is -2.60. The molecule has 0 fully saturated rings. The number of thiazole rings is 1. The van der Waals surface area contributed by atoms with Crippen molar-refractivity contribution in [2.45, 2.75) is 45.6 Å². The molecule has 2 unspecified atom stereocenters. The number of nitrogens with one attached hydrogen (secondary N) is 1. The maximum Gasteiger partial charge on any atom is 0.338 e. The summed E-state index contributed by atoms with van der Waals surface area (Å²) in [6.45, 7) is 0. The fourth-order valence-corrected chi connectivity index (χ4v) is 5.72. The first-order valence-electron chi connectivity index (χ1n) is 12.4. The minimum absolute atomic E-state index is 0. The van der Waals surface area contributed by atoms with Crippen LogP contribution in [0.25, 0.3) is 0 Å². The quantitative estimate of drug-likeness (QED) is 0.299. The summed E-state index contributed by atoms with van der Waals surface area (Å²) in [6, 6.07) is 1.21. The minimum atomic E-state index is -1.22. The van der Waals surface area contributed by atoms with Gasteiger partial charge in [-0.25, -0.2) is 28.5 Å². The van der Waals surface area contributed by atoms with Crippen LogP contribution in [0.15, 0.2) is 46.2 Å². The Morgan fingerprint density at radius 3 is 2.71 bits per heavy atom. The molecule has 2 atom stereocenters. The molecular formula is C28H28ClF2N5O4S. The van der Waals surface area contributed by atoms with Crippen molar-refractivity contribution in [2.75, 3.05) is 14.2 Å². The number of aliphatic imine (C=N–C) groups is 1. The van der Waals surface area contributed by atoms with Gasteiger partial charge in [-0.15, -0.1) is 11.3 Å². The van der Waals surface area contributed by atoms with E-state index in [1.807, 2.05) is 0 Å². The number of nitrogens with zero attached hydrogens (tertiary/aromatic N) is 4. The molecule has 9 nitrogen and oxygen atoms in total. The number of rotatable bonds is 7. The lowest BCUT2D eigenvalue weighted by molar-refractivity contribution is -0.140. The third-order valence-electron chi connectivity index (χ3n) is 6.86. The van der Waals surface area contributed by atoms with Crippen molar-refractivity contribution < 1.29 is 27.8 Å². The van der Waals surface area contributed by atoms with Crippen LogP contribution in [0.3, 0.4) is 0 Å². The van der Waals surface area contributed by atoms with Crippen LogP contribution in [0.4, 0.5) is 8.78 Å². The number of benzene rings is 1. The molecule has 3 aromatic rings. The number of ether oxygens (including phenoxy) is 2. The standard InChI is InChI=1S/C27H24ClF2N5O4S.CH4/c1-38-19(36)8-7-18-32-12-14-11-13(3-6-17(14)33-18)23-20(27(37)39-2)24(15-4-5-16(29)22(30)21(15)28)35-25(34-23)26-31-9-10-40-26;/h4-5,9-10,12-13,24H,3,6-8,11H2,1-2H3,(H,34,35);1H4. The number of fused-ring (bicyclic) bond motifs is 1. The van der Waals surface area contributed by atoms with Crippen LogP contribution in [0.1, 0.15) is 54.0 Å². The molecule has 5 rings (SSSR count). The number of amidine groups is 1. The first-order valence-corrected chi connectivity index (χ1v) is 13.7. The summed E-state index contributed by atoms with van der Waals surface area (Å²) in [6.07, 6.45) is 5.62. The Morgan fingerprint density at radius 1 is 1.20 bits per heavy atom. The Morgan fingerprint density at radius 2 is 2.00 bits per heavy atom. The largest absolute Gasteiger partial charge is 0.469 e. The predicted molar refractivity (Wildman–Crippen MR) is 150 cm³/mol. The molecule has 0 spiro atoms. The van der Waals surface area contributed by atoms with E-state index in [9.17, 15) is 18.4 Å². The lowest BCUT2D eigenvalue weighted by atomic mass is 9.81. The van der Waals surface area contributed by atoms with Crippen molar-refractivity contribution in [2.24, 2.45) is 10.9 Å². The second-order valence-corrected chi connectivity index (χ2v) is 10.5. The SMILES string of the molecule is C.COC(=O)CCc1ncc2c(n1)CCC(C1=C(C(=O)OC)C(c3ccc(F)c(F)c3Cl)N=C(c3nccs3)N1)C2. The molecule has 13 heteroatoms. The lowest BCUT2D eigenvalue weighted by Gasteiger charge is -2.33. The molecule has 0 saturated carbocycles. The van der Waals surface area contributed by atoms with E-state index < -0.39 is 28.7 Å². The zero-order valence-electron chi connectivity index (χ0n) is 21.5. The number of allylic oxidation sites excluding steroid dienone is 1. The van der Waals surface area contributed by atoms with Gasteiger partial charge in [0.1, 0.15) is 11.9 Å². The van der Waals surface area contributed by atoms with Gasteiger partial charge in [-0.1, -0.05) is 25.1 Å². The second kappa shape index (κ2) is 12.8. The van der Waals surface area contributed by atoms with E-state index in [4.69, 9.17) is 21.1 Å². The summed E-state index contributed by atoms with van der Waals surface area (Å²) in [5.41, 5.74) is 2.59. The number of carbonyl (C=O) groups excluding carboxylic acids is 2. The molecule has 0 bridgehead atoms. The molecule has 0 saturated heterocycles. The van der Waals surface area contributed by atoms with E-state index in [2.05, 4.69) is 25.3 Å². The van der Waals surface area contributed by atoms with Crippen LogP contribution in [-0.4, -0.2) is 46.9 Å². The van der Waals surface area contributed by atoms with Gasteiger partial charge in [0.2, 0.25) is 0 Å². The first-order chi connectivity index (χ1) is 19.3. The Labute approximate surface area is 244 Å². The average Bonchev–Trinajstić information content (AvgIpc) is 3.52. The van der Waals surface area contributed by atoms with Crippen LogP contribution in [0.5, 0.6) is 0 Å². The average molecular weight is 604 g/mol. The third-order valence-corrected chi connectivity index (χ3v) is 8.03. The number of carbonyl (C=O) groups is 2. The topological polar surface area (TPSA) is 116 Å². The lowest BCUT2D eigenvalue weighted by Crippen LogP contribution is -2.38. The van der Waals surface area contributed by atoms with E-state index in [0.29, 0.717) is 48.0 Å². The Kier molecular flexibility index (Phi) is 9.44. The summed E-state index contributed by atoms with van der Waals surface area (Å²) < 4.78 is 38.3. The molecule has 1 aliphatic heterocycles. The molecule has 2 aliphatic rings. The maximum atomic E-state index is 14.5. The van der Waals surface area contributed by atoms with E-state index >= 15 is 0 Å². The number of methoxy groups -OCH3 is 2. The van der Waals surface area contributed by atoms with E-state index in [1.54, 1.807) is 17.8 Å². The zero-order chi connectivity index (χ0) is 28.4. The van der Waals surface area contributed by atoms with Gasteiger partial charge in [0.05, 0.1) is 31.2 Å². The molecule has 1 aromatic carbocycles. The van der Waals surface area contributed by atoms with Gasteiger partial charge in [-0.2, -0.15) is 0 Å². The van der Waals surface area contributed by atoms with Crippen molar-refractivity contribution in [3.63, 3.8) is 0 Å². The molecule has 1 N–H and O–H groups in total. The van der Waals surface area contributed by atoms with Gasteiger partial charge in [0, 0.05) is 47.1 Å². The van der Waals surface area contributed by atoms with E-state index in [-0.39, 0.29) is 36.9 Å². The summed E-state index contributed by atoms with van der Waals surface area (Å²) in [4.78, 5) is 42.8. The summed E-state index contributed by atoms with van der Waals surface area (Å²) in [5, 5.41) is 5.17. The molecule has 216 valence electrons. The van der Waals surface area contributed by atoms with Crippen molar-refractivity contribution >= 4 is 40.7 Å². The maximum absolute atomic E-state index is 14.5. The van der Waals surface area contributed by atoms with Gasteiger partial charge in [-0.3, -0.25) is 9.79 Å². The van der Waals surface area contributed by atoms with Gasteiger partial charge < -0.3 is 14.8 Å². The Balaban J connectivity index is 0.00000387. The number of aromatic nitrogens is 3. The molecule has 0 radical (unpaired) electrons. The fourth-order valence-electron chi connectivity index (χ4n) is 4.88. The van der Waals surface area contributed by atoms with E-state index in [0.717, 1.165) is 17.3 Å². The first kappa shape index (κ1) is 30.2. The van der Waals surface area contributed by atoms with Crippen LogP contribution in [-0.2, 0) is 38.3 Å². The van der Waals surface area contributed by atoms with Gasteiger partial charge in [0.25, 0.3) is 0 Å². The molecule has 41 heavy (non-hydrogen) atoms. The predicted octanol–water partition coefficient (Wildman–Crippen LogP) is 4.93.